The van der Waals surface area contributed by atoms with Crippen LogP contribution in [0.3, 0.4) is 0 Å². The number of pyridine rings is 1. The van der Waals surface area contributed by atoms with Crippen molar-refractivity contribution in [2.24, 2.45) is 0 Å². The van der Waals surface area contributed by atoms with Crippen LogP contribution < -0.4 is 4.74 Å². The largest absolute Gasteiger partial charge is 0.478 e. The van der Waals surface area contributed by atoms with Crippen LogP contribution in [0.15, 0.2) is 48.5 Å². The average molecular weight is 283 g/mol. The Kier molecular flexibility index (Phi) is 5.10. The second-order valence-electron chi connectivity index (χ2n) is 4.47. The lowest BCUT2D eigenvalue weighted by Crippen LogP contribution is -2.03. The van der Waals surface area contributed by atoms with Crippen molar-refractivity contribution < 1.29 is 14.6 Å². The first kappa shape index (κ1) is 14.8. The van der Waals surface area contributed by atoms with Crippen molar-refractivity contribution in [3.8, 4) is 5.88 Å². The molecule has 0 unspecified atom stereocenters. The van der Waals surface area contributed by atoms with Gasteiger partial charge in [0.1, 0.15) is 6.61 Å². The molecule has 4 nitrogen and oxygen atoms in total. The average Bonchev–Trinajstić information content (AvgIpc) is 2.52. The molecule has 0 saturated heterocycles. The van der Waals surface area contributed by atoms with Gasteiger partial charge in [-0.3, -0.25) is 0 Å². The molecule has 0 bridgehead atoms. The van der Waals surface area contributed by atoms with Crippen LogP contribution >= 0.6 is 0 Å². The van der Waals surface area contributed by atoms with Gasteiger partial charge < -0.3 is 9.84 Å². The lowest BCUT2D eigenvalue weighted by atomic mass is 10.2. The minimum atomic E-state index is -0.975. The van der Waals surface area contributed by atoms with E-state index in [9.17, 15) is 4.79 Å². The van der Waals surface area contributed by atoms with E-state index in [2.05, 4.69) is 4.98 Å². The predicted octanol–water partition coefficient (Wildman–Crippen LogP) is 3.43. The van der Waals surface area contributed by atoms with Gasteiger partial charge in [0, 0.05) is 11.8 Å². The Morgan fingerprint density at radius 1 is 1.29 bits per heavy atom. The molecule has 1 N–H and O–H groups in total. The SMILES string of the molecule is CCc1cc(C(=O)O)cc(OC/C=C/c2ccccc2)n1. The minimum absolute atomic E-state index is 0.198. The summed E-state index contributed by atoms with van der Waals surface area (Å²) in [6, 6.07) is 12.9. The number of hydrogen-bond donors (Lipinski definition) is 1. The molecule has 0 atom stereocenters. The molecule has 0 spiro atoms. The first-order valence-corrected chi connectivity index (χ1v) is 6.77. The van der Waals surface area contributed by atoms with Gasteiger partial charge in [-0.2, -0.15) is 0 Å². The van der Waals surface area contributed by atoms with E-state index in [0.29, 0.717) is 24.6 Å². The molecule has 1 heterocycles. The Morgan fingerprint density at radius 2 is 2.05 bits per heavy atom. The lowest BCUT2D eigenvalue weighted by molar-refractivity contribution is 0.0696. The third-order valence-corrected chi connectivity index (χ3v) is 2.90. The summed E-state index contributed by atoms with van der Waals surface area (Å²) in [5.41, 5.74) is 1.99. The van der Waals surface area contributed by atoms with Gasteiger partial charge in [-0.1, -0.05) is 43.3 Å². The van der Waals surface area contributed by atoms with E-state index in [1.54, 1.807) is 6.07 Å². The van der Waals surface area contributed by atoms with E-state index < -0.39 is 5.97 Å². The fourth-order valence-electron chi connectivity index (χ4n) is 1.82. The van der Waals surface area contributed by atoms with Crippen LogP contribution in [0.5, 0.6) is 5.88 Å². The number of hydrogen-bond acceptors (Lipinski definition) is 3. The van der Waals surface area contributed by atoms with Gasteiger partial charge in [-0.15, -0.1) is 0 Å². The zero-order valence-electron chi connectivity index (χ0n) is 11.8. The van der Waals surface area contributed by atoms with Crippen LogP contribution in [-0.2, 0) is 6.42 Å². The van der Waals surface area contributed by atoms with Crippen molar-refractivity contribution in [2.75, 3.05) is 6.61 Å². The highest BCUT2D eigenvalue weighted by Crippen LogP contribution is 2.13. The fraction of sp³-hybridized carbons (Fsp3) is 0.176. The highest BCUT2D eigenvalue weighted by molar-refractivity contribution is 5.88. The highest BCUT2D eigenvalue weighted by atomic mass is 16.5. The summed E-state index contributed by atoms with van der Waals surface area (Å²) in [6.45, 7) is 2.27. The molecule has 2 rings (SSSR count). The summed E-state index contributed by atoms with van der Waals surface area (Å²) in [7, 11) is 0. The Balaban J connectivity index is 2.01. The van der Waals surface area contributed by atoms with Crippen LogP contribution in [0.4, 0.5) is 0 Å². The van der Waals surface area contributed by atoms with E-state index in [1.807, 2.05) is 49.4 Å². The molecule has 0 aliphatic carbocycles. The second-order valence-corrected chi connectivity index (χ2v) is 4.47. The molecule has 1 aromatic carbocycles. The van der Waals surface area contributed by atoms with Crippen molar-refractivity contribution in [1.82, 2.24) is 4.98 Å². The molecule has 2 aromatic rings. The maximum atomic E-state index is 11.0. The first-order valence-electron chi connectivity index (χ1n) is 6.77. The fourth-order valence-corrected chi connectivity index (χ4v) is 1.82. The summed E-state index contributed by atoms with van der Waals surface area (Å²) in [4.78, 5) is 15.3. The number of aryl methyl sites for hydroxylation is 1. The summed E-state index contributed by atoms with van der Waals surface area (Å²) >= 11 is 0. The number of ether oxygens (including phenoxy) is 1. The number of benzene rings is 1. The van der Waals surface area contributed by atoms with Crippen molar-refractivity contribution in [2.45, 2.75) is 13.3 Å². The molecular weight excluding hydrogens is 266 g/mol. The highest BCUT2D eigenvalue weighted by Gasteiger charge is 2.08. The zero-order valence-corrected chi connectivity index (χ0v) is 11.8. The molecule has 108 valence electrons. The maximum Gasteiger partial charge on any atom is 0.335 e. The minimum Gasteiger partial charge on any atom is -0.478 e. The standard InChI is InChI=1S/C17H17NO3/c1-2-15-11-14(17(19)20)12-16(18-15)21-10-6-9-13-7-4-3-5-8-13/h3-9,11-12H,2,10H2,1H3,(H,19,20)/b9-6+. The molecule has 0 saturated carbocycles. The Morgan fingerprint density at radius 3 is 2.71 bits per heavy atom. The van der Waals surface area contributed by atoms with E-state index >= 15 is 0 Å². The van der Waals surface area contributed by atoms with Crippen LogP contribution in [0.25, 0.3) is 6.08 Å². The Bertz CT molecular complexity index is 636. The maximum absolute atomic E-state index is 11.0. The zero-order chi connectivity index (χ0) is 15.1. The molecule has 0 fully saturated rings. The van der Waals surface area contributed by atoms with Crippen LogP contribution in [0.2, 0.25) is 0 Å². The number of carbonyl (C=O) groups is 1. The molecule has 1 aromatic heterocycles. The van der Waals surface area contributed by atoms with E-state index in [1.165, 1.54) is 6.07 Å². The molecule has 0 aliphatic rings. The van der Waals surface area contributed by atoms with Gasteiger partial charge in [-0.25, -0.2) is 9.78 Å². The second kappa shape index (κ2) is 7.24. The smallest absolute Gasteiger partial charge is 0.335 e. The number of aromatic carboxylic acids is 1. The monoisotopic (exact) mass is 283 g/mol. The lowest BCUT2D eigenvalue weighted by Gasteiger charge is -2.06. The van der Waals surface area contributed by atoms with Gasteiger partial charge in [0.05, 0.1) is 5.56 Å². The van der Waals surface area contributed by atoms with Gasteiger partial charge in [-0.05, 0) is 24.1 Å². The third-order valence-electron chi connectivity index (χ3n) is 2.90. The van der Waals surface area contributed by atoms with Gasteiger partial charge in [0.2, 0.25) is 5.88 Å². The molecule has 0 radical (unpaired) electrons. The number of carboxylic acids is 1. The van der Waals surface area contributed by atoms with E-state index in [-0.39, 0.29) is 5.56 Å². The quantitative estimate of drug-likeness (QED) is 0.882. The summed E-state index contributed by atoms with van der Waals surface area (Å²) in [5, 5.41) is 9.05. The summed E-state index contributed by atoms with van der Waals surface area (Å²) in [5.74, 6) is -0.638. The number of nitrogens with zero attached hydrogens (tertiary/aromatic N) is 1. The van der Waals surface area contributed by atoms with Crippen molar-refractivity contribution in [3.05, 3.63) is 65.4 Å². The predicted molar refractivity (Wildman–Crippen MR) is 81.5 cm³/mol. The van der Waals surface area contributed by atoms with Crippen molar-refractivity contribution in [1.29, 1.82) is 0 Å². The van der Waals surface area contributed by atoms with E-state index in [0.717, 1.165) is 5.56 Å². The van der Waals surface area contributed by atoms with Crippen LogP contribution in [0, 0.1) is 0 Å². The van der Waals surface area contributed by atoms with Crippen molar-refractivity contribution >= 4 is 12.0 Å². The van der Waals surface area contributed by atoms with E-state index in [4.69, 9.17) is 9.84 Å². The number of carboxylic acid groups (broad SMARTS) is 1. The normalized spacial score (nSPS) is 10.7. The molecular formula is C17H17NO3. The van der Waals surface area contributed by atoms with Gasteiger partial charge >= 0.3 is 5.97 Å². The van der Waals surface area contributed by atoms with Crippen molar-refractivity contribution in [3.63, 3.8) is 0 Å². The molecule has 4 heteroatoms. The first-order chi connectivity index (χ1) is 10.2. The summed E-state index contributed by atoms with van der Waals surface area (Å²) in [6.07, 6.45) is 4.48. The van der Waals surface area contributed by atoms with Crippen LogP contribution in [0.1, 0.15) is 28.5 Å². The molecule has 0 amide bonds. The topological polar surface area (TPSA) is 59.4 Å². The number of aromatic nitrogens is 1. The number of rotatable bonds is 6. The Hall–Kier alpha value is -2.62. The van der Waals surface area contributed by atoms with Gasteiger partial charge in [0.15, 0.2) is 0 Å². The van der Waals surface area contributed by atoms with Crippen LogP contribution in [-0.4, -0.2) is 22.7 Å². The molecule has 0 aliphatic heterocycles. The Labute approximate surface area is 123 Å². The third kappa shape index (κ3) is 4.45. The van der Waals surface area contributed by atoms with Gasteiger partial charge in [0.25, 0.3) is 0 Å². The molecule has 21 heavy (non-hydrogen) atoms. The summed E-state index contributed by atoms with van der Waals surface area (Å²) < 4.78 is 5.50.